The Morgan fingerprint density at radius 2 is 2.27 bits per heavy atom. The van der Waals surface area contributed by atoms with Crippen molar-refractivity contribution in [3.8, 4) is 6.07 Å². The molecule has 2 aliphatic heterocycles. The zero-order valence-corrected chi connectivity index (χ0v) is 17.2. The fourth-order valence-electron chi connectivity index (χ4n) is 4.02. The van der Waals surface area contributed by atoms with E-state index in [0.717, 1.165) is 19.3 Å². The first-order valence-electron chi connectivity index (χ1n) is 10.1. The topological polar surface area (TPSA) is 137 Å². The van der Waals surface area contributed by atoms with E-state index in [1.54, 1.807) is 30.5 Å². The van der Waals surface area contributed by atoms with Crippen molar-refractivity contribution in [1.29, 1.82) is 5.26 Å². The van der Waals surface area contributed by atoms with Crippen LogP contribution in [0, 0.1) is 11.3 Å². The van der Waals surface area contributed by atoms with Crippen LogP contribution in [0.1, 0.15) is 45.2 Å². The third-order valence-electron chi connectivity index (χ3n) is 5.36. The van der Waals surface area contributed by atoms with Crippen molar-refractivity contribution >= 4 is 11.3 Å². The molecule has 0 spiro atoms. The summed E-state index contributed by atoms with van der Waals surface area (Å²) in [6.45, 7) is 3.93. The minimum atomic E-state index is -1.40. The predicted octanol–water partition coefficient (Wildman–Crippen LogP) is 1.48. The Morgan fingerprint density at radius 1 is 1.43 bits per heavy atom. The number of ether oxygens (including phenoxy) is 4. The Morgan fingerprint density at radius 3 is 2.97 bits per heavy atom. The van der Waals surface area contributed by atoms with Crippen molar-refractivity contribution in [3.63, 3.8) is 0 Å². The van der Waals surface area contributed by atoms with Gasteiger partial charge in [-0.2, -0.15) is 10.4 Å². The summed E-state index contributed by atoms with van der Waals surface area (Å²) >= 11 is 0. The third kappa shape index (κ3) is 4.12. The predicted molar refractivity (Wildman–Crippen MR) is 105 cm³/mol. The third-order valence-corrected chi connectivity index (χ3v) is 5.36. The van der Waals surface area contributed by atoms with E-state index in [1.807, 2.05) is 0 Å². The quantitative estimate of drug-likeness (QED) is 0.669. The molecule has 10 nitrogen and oxygen atoms in total. The molecular weight excluding hydrogens is 390 g/mol. The smallest absolute Gasteiger partial charge is 0.199 e. The molecule has 30 heavy (non-hydrogen) atoms. The summed E-state index contributed by atoms with van der Waals surface area (Å²) in [4.78, 5) is 3.99. The van der Waals surface area contributed by atoms with E-state index in [4.69, 9.17) is 24.7 Å². The zero-order valence-electron chi connectivity index (χ0n) is 17.2. The summed E-state index contributed by atoms with van der Waals surface area (Å²) in [5, 5.41) is 24.6. The van der Waals surface area contributed by atoms with Crippen molar-refractivity contribution < 1.29 is 24.1 Å². The van der Waals surface area contributed by atoms with Crippen molar-refractivity contribution in [2.75, 3.05) is 18.9 Å². The first-order valence-corrected chi connectivity index (χ1v) is 10.1. The Labute approximate surface area is 174 Å². The van der Waals surface area contributed by atoms with Crippen LogP contribution in [0.3, 0.4) is 0 Å². The van der Waals surface area contributed by atoms with E-state index < -0.39 is 23.6 Å². The molecule has 4 heterocycles. The van der Waals surface area contributed by atoms with E-state index in [2.05, 4.69) is 16.2 Å². The lowest BCUT2D eigenvalue weighted by Crippen LogP contribution is -2.38. The highest BCUT2D eigenvalue weighted by molar-refractivity contribution is 5.66. The molecule has 2 aromatic rings. The molecular formula is C20H27N5O5. The molecule has 10 heteroatoms. The second-order valence-corrected chi connectivity index (χ2v) is 8.19. The Balaban J connectivity index is 1.61. The first kappa shape index (κ1) is 21.0. The summed E-state index contributed by atoms with van der Waals surface area (Å²) < 4.78 is 25.2. The van der Waals surface area contributed by atoms with Crippen molar-refractivity contribution in [2.24, 2.45) is 0 Å². The number of anilines is 1. The van der Waals surface area contributed by atoms with Crippen LogP contribution < -0.4 is 5.73 Å². The second-order valence-electron chi connectivity index (χ2n) is 8.19. The van der Waals surface area contributed by atoms with Crippen molar-refractivity contribution in [2.45, 2.75) is 69.4 Å². The Hall–Kier alpha value is -2.29. The lowest BCUT2D eigenvalue weighted by Gasteiger charge is -2.28. The molecule has 0 bridgehead atoms. The van der Waals surface area contributed by atoms with Crippen molar-refractivity contribution in [3.05, 3.63) is 24.2 Å². The SMILES string of the molecule is CC(C)(O)O[C@H]1CC(C#N)(c2ccc3c(N)ncnn23)O[C@@H]1COC1CCCCO1. The molecule has 2 aromatic heterocycles. The molecule has 0 radical (unpaired) electrons. The number of hydrogen-bond donors (Lipinski definition) is 2. The van der Waals surface area contributed by atoms with Gasteiger partial charge in [-0.05, 0) is 45.2 Å². The highest BCUT2D eigenvalue weighted by Gasteiger charge is 2.52. The number of fused-ring (bicyclic) bond motifs is 1. The van der Waals surface area contributed by atoms with Crippen LogP contribution in [0.15, 0.2) is 18.5 Å². The molecule has 0 aliphatic carbocycles. The van der Waals surface area contributed by atoms with Gasteiger partial charge in [-0.3, -0.25) is 0 Å². The van der Waals surface area contributed by atoms with E-state index in [-0.39, 0.29) is 19.3 Å². The average Bonchev–Trinajstić information content (AvgIpc) is 3.29. The minimum absolute atomic E-state index is 0.176. The van der Waals surface area contributed by atoms with Gasteiger partial charge >= 0.3 is 0 Å². The van der Waals surface area contributed by atoms with Crippen LogP contribution in [-0.4, -0.2) is 57.2 Å². The molecule has 162 valence electrons. The number of nitrogens with two attached hydrogens (primary N) is 1. The number of aliphatic hydroxyl groups is 1. The second kappa shape index (κ2) is 8.09. The normalized spacial score (nSPS) is 29.9. The van der Waals surface area contributed by atoms with Crippen molar-refractivity contribution in [1.82, 2.24) is 14.6 Å². The molecule has 3 N–H and O–H groups in total. The summed E-state index contributed by atoms with van der Waals surface area (Å²) in [5.74, 6) is -1.09. The van der Waals surface area contributed by atoms with Gasteiger partial charge in [0.2, 0.25) is 0 Å². The van der Waals surface area contributed by atoms with Gasteiger partial charge in [-0.1, -0.05) is 0 Å². The van der Waals surface area contributed by atoms with Gasteiger partial charge in [0.15, 0.2) is 23.5 Å². The van der Waals surface area contributed by atoms with Gasteiger partial charge in [0, 0.05) is 13.0 Å². The Bertz CT molecular complexity index is 930. The molecule has 2 unspecified atom stereocenters. The molecule has 0 aromatic carbocycles. The van der Waals surface area contributed by atoms with Crippen LogP contribution in [0.25, 0.3) is 5.52 Å². The molecule has 2 aliphatic rings. The number of nitriles is 1. The van der Waals surface area contributed by atoms with Crippen LogP contribution >= 0.6 is 0 Å². The maximum atomic E-state index is 10.2. The lowest BCUT2D eigenvalue weighted by molar-refractivity contribution is -0.230. The number of aromatic nitrogens is 3. The fraction of sp³-hybridized carbons (Fsp3) is 0.650. The summed E-state index contributed by atoms with van der Waals surface area (Å²) in [6, 6.07) is 5.78. The van der Waals surface area contributed by atoms with Crippen LogP contribution in [0.4, 0.5) is 5.82 Å². The fourth-order valence-corrected chi connectivity index (χ4v) is 4.02. The van der Waals surface area contributed by atoms with E-state index >= 15 is 0 Å². The van der Waals surface area contributed by atoms with Gasteiger partial charge in [-0.25, -0.2) is 9.50 Å². The van der Waals surface area contributed by atoms with Crippen LogP contribution in [0.5, 0.6) is 0 Å². The maximum Gasteiger partial charge on any atom is 0.199 e. The highest BCUT2D eigenvalue weighted by atomic mass is 16.7. The standard InChI is InChI=1S/C20H27N5O5/c1-19(2,26)29-14-9-20(11-21,16-7-6-13-18(22)23-12-24-25(13)16)30-15(14)10-28-17-5-3-4-8-27-17/h6-7,12,14-15,17,26H,3-5,8-10H2,1-2H3,(H2,22,23,24)/t14-,15+,17?,20?/m0/s1. The van der Waals surface area contributed by atoms with Gasteiger partial charge in [0.25, 0.3) is 0 Å². The largest absolute Gasteiger partial charge is 0.382 e. The van der Waals surface area contributed by atoms with Crippen LogP contribution in [0.2, 0.25) is 0 Å². The monoisotopic (exact) mass is 417 g/mol. The van der Waals surface area contributed by atoms with Crippen LogP contribution in [-0.2, 0) is 24.5 Å². The molecule has 2 saturated heterocycles. The van der Waals surface area contributed by atoms with Gasteiger partial charge in [-0.15, -0.1) is 0 Å². The average molecular weight is 417 g/mol. The summed E-state index contributed by atoms with van der Waals surface area (Å²) in [5.41, 5.74) is 5.70. The van der Waals surface area contributed by atoms with E-state index in [9.17, 15) is 10.4 Å². The minimum Gasteiger partial charge on any atom is -0.382 e. The first-order chi connectivity index (χ1) is 14.3. The molecule has 4 rings (SSSR count). The molecule has 2 fully saturated rings. The summed E-state index contributed by atoms with van der Waals surface area (Å²) in [6.07, 6.45) is 2.95. The Kier molecular flexibility index (Phi) is 5.65. The van der Waals surface area contributed by atoms with Gasteiger partial charge < -0.3 is 29.8 Å². The molecule has 0 saturated carbocycles. The number of rotatable bonds is 6. The number of nitrogen functional groups attached to an aromatic ring is 1. The zero-order chi connectivity index (χ0) is 21.4. The molecule has 0 amide bonds. The number of nitrogens with zero attached hydrogens (tertiary/aromatic N) is 4. The molecule has 4 atom stereocenters. The lowest BCUT2D eigenvalue weighted by atomic mass is 9.96. The highest BCUT2D eigenvalue weighted by Crippen LogP contribution is 2.42. The number of hydrogen-bond acceptors (Lipinski definition) is 9. The summed E-state index contributed by atoms with van der Waals surface area (Å²) in [7, 11) is 0. The van der Waals surface area contributed by atoms with Gasteiger partial charge in [0.05, 0.1) is 18.4 Å². The van der Waals surface area contributed by atoms with E-state index in [1.165, 1.54) is 6.33 Å². The van der Waals surface area contributed by atoms with E-state index in [0.29, 0.717) is 23.6 Å². The maximum absolute atomic E-state index is 10.2. The van der Waals surface area contributed by atoms with Gasteiger partial charge in [0.1, 0.15) is 24.0 Å².